The van der Waals surface area contributed by atoms with E-state index in [1.807, 2.05) is 6.07 Å². The van der Waals surface area contributed by atoms with E-state index >= 15 is 0 Å². The van der Waals surface area contributed by atoms with Gasteiger partial charge in [-0.25, -0.2) is 0 Å². The molecular formula is C9H13N3OS. The van der Waals surface area contributed by atoms with Gasteiger partial charge in [0.25, 0.3) is 0 Å². The molecule has 14 heavy (non-hydrogen) atoms. The summed E-state index contributed by atoms with van der Waals surface area (Å²) in [7, 11) is 1.63. The van der Waals surface area contributed by atoms with Crippen LogP contribution >= 0.6 is 11.5 Å². The maximum Gasteiger partial charge on any atom is 0.225 e. The molecule has 1 aliphatic heterocycles. The topological polar surface area (TPSA) is 46.5 Å². The Morgan fingerprint density at radius 3 is 3.21 bits per heavy atom. The van der Waals surface area contributed by atoms with Gasteiger partial charge in [0.15, 0.2) is 0 Å². The van der Waals surface area contributed by atoms with Gasteiger partial charge < -0.3 is 10.1 Å². The predicted octanol–water partition coefficient (Wildman–Crippen LogP) is 1.43. The minimum atomic E-state index is 0.695. The van der Waals surface area contributed by atoms with Crippen LogP contribution in [0.4, 0.5) is 0 Å². The summed E-state index contributed by atoms with van der Waals surface area (Å²) in [6, 6.07) is 1.95. The molecule has 0 bridgehead atoms. The Kier molecular flexibility index (Phi) is 2.98. The van der Waals surface area contributed by atoms with Crippen LogP contribution in [0, 0.1) is 0 Å². The molecule has 0 saturated carbocycles. The molecule has 1 aromatic rings. The van der Waals surface area contributed by atoms with Gasteiger partial charge in [0.2, 0.25) is 5.88 Å². The first-order chi connectivity index (χ1) is 6.88. The van der Waals surface area contributed by atoms with Crippen LogP contribution in [0.15, 0.2) is 11.1 Å². The van der Waals surface area contributed by atoms with Crippen molar-refractivity contribution < 1.29 is 4.74 Å². The van der Waals surface area contributed by atoms with Crippen molar-refractivity contribution in [3.05, 3.63) is 10.9 Å². The molecule has 5 heteroatoms. The molecule has 0 amide bonds. The highest BCUT2D eigenvalue weighted by atomic mass is 32.1. The van der Waals surface area contributed by atoms with Crippen LogP contribution in [0.2, 0.25) is 0 Å². The monoisotopic (exact) mass is 211 g/mol. The molecule has 2 heterocycles. The average molecular weight is 211 g/mol. The summed E-state index contributed by atoms with van der Waals surface area (Å²) in [5, 5.41) is 3.30. The quantitative estimate of drug-likeness (QED) is 0.822. The third-order valence-electron chi connectivity index (χ3n) is 2.09. The maximum absolute atomic E-state index is 5.01. The average Bonchev–Trinajstić information content (AvgIpc) is 2.86. The summed E-state index contributed by atoms with van der Waals surface area (Å²) in [4.78, 5) is 5.51. The number of amidine groups is 1. The number of rotatable bonds is 3. The zero-order valence-corrected chi connectivity index (χ0v) is 8.93. The number of aliphatic imine (C=N–C) groups is 1. The van der Waals surface area contributed by atoms with Crippen molar-refractivity contribution in [3.63, 3.8) is 0 Å². The molecule has 76 valence electrons. The first-order valence-corrected chi connectivity index (χ1v) is 5.42. The first-order valence-electron chi connectivity index (χ1n) is 4.65. The molecule has 4 nitrogen and oxygen atoms in total. The van der Waals surface area contributed by atoms with Gasteiger partial charge >= 0.3 is 0 Å². The minimum Gasteiger partial charge on any atom is -0.480 e. The highest BCUT2D eigenvalue weighted by molar-refractivity contribution is 7.05. The Morgan fingerprint density at radius 2 is 2.57 bits per heavy atom. The summed E-state index contributed by atoms with van der Waals surface area (Å²) >= 11 is 1.46. The zero-order chi connectivity index (χ0) is 9.80. The van der Waals surface area contributed by atoms with Gasteiger partial charge in [-0.3, -0.25) is 4.99 Å². The Hall–Kier alpha value is -1.10. The molecule has 1 aromatic heterocycles. The molecule has 0 atom stereocenters. The lowest BCUT2D eigenvalue weighted by Crippen LogP contribution is -2.19. The minimum absolute atomic E-state index is 0.695. The highest BCUT2D eigenvalue weighted by Crippen LogP contribution is 2.15. The van der Waals surface area contributed by atoms with Crippen LogP contribution in [0.3, 0.4) is 0 Å². The number of nitrogens with zero attached hydrogens (tertiary/aromatic N) is 2. The van der Waals surface area contributed by atoms with Crippen molar-refractivity contribution >= 4 is 17.4 Å². The Bertz CT molecular complexity index is 335. The number of methoxy groups -OCH3 is 1. The summed E-state index contributed by atoms with van der Waals surface area (Å²) < 4.78 is 9.13. The standard InChI is InChI=1S/C9H13N3OS/c1-13-9-5-7(14-12-9)6-11-8-3-2-4-10-8/h5H,2-4,6H2,1H3,(H,10,11). The van der Waals surface area contributed by atoms with Crippen molar-refractivity contribution in [2.75, 3.05) is 13.7 Å². The third kappa shape index (κ3) is 2.23. The molecule has 0 fully saturated rings. The Balaban J connectivity index is 1.85. The smallest absolute Gasteiger partial charge is 0.225 e. The van der Waals surface area contributed by atoms with E-state index < -0.39 is 0 Å². The molecule has 0 radical (unpaired) electrons. The zero-order valence-electron chi connectivity index (χ0n) is 8.12. The van der Waals surface area contributed by atoms with E-state index in [0.29, 0.717) is 5.88 Å². The summed E-state index contributed by atoms with van der Waals surface area (Å²) in [5.74, 6) is 1.82. The van der Waals surface area contributed by atoms with Crippen molar-refractivity contribution in [2.24, 2.45) is 4.99 Å². The first kappa shape index (κ1) is 9.45. The third-order valence-corrected chi connectivity index (χ3v) is 2.86. The molecule has 0 saturated heterocycles. The number of hydrogen-bond donors (Lipinski definition) is 1. The van der Waals surface area contributed by atoms with Gasteiger partial charge in [-0.2, -0.15) is 4.37 Å². The van der Waals surface area contributed by atoms with Gasteiger partial charge in [-0.15, -0.1) is 0 Å². The second-order valence-electron chi connectivity index (χ2n) is 3.12. The molecule has 0 unspecified atom stereocenters. The predicted molar refractivity (Wildman–Crippen MR) is 57.0 cm³/mol. The van der Waals surface area contributed by atoms with Crippen molar-refractivity contribution in [1.82, 2.24) is 9.69 Å². The lowest BCUT2D eigenvalue weighted by atomic mass is 10.3. The maximum atomic E-state index is 5.01. The van der Waals surface area contributed by atoms with Crippen molar-refractivity contribution in [3.8, 4) is 5.88 Å². The lowest BCUT2D eigenvalue weighted by Gasteiger charge is -2.01. The summed E-state index contributed by atoms with van der Waals surface area (Å²) in [6.07, 6.45) is 2.25. The lowest BCUT2D eigenvalue weighted by molar-refractivity contribution is 0.402. The fraction of sp³-hybridized carbons (Fsp3) is 0.556. The number of ether oxygens (including phenoxy) is 1. The van der Waals surface area contributed by atoms with Crippen molar-refractivity contribution in [1.29, 1.82) is 0 Å². The van der Waals surface area contributed by atoms with Gasteiger partial charge in [0.05, 0.1) is 19.5 Å². The fourth-order valence-electron chi connectivity index (χ4n) is 1.35. The van der Waals surface area contributed by atoms with E-state index in [0.717, 1.165) is 25.3 Å². The highest BCUT2D eigenvalue weighted by Gasteiger charge is 2.06. The summed E-state index contributed by atoms with van der Waals surface area (Å²) in [6.45, 7) is 1.77. The number of nitrogens with one attached hydrogen (secondary N) is 1. The number of aromatic nitrogens is 1. The number of hydrogen-bond acceptors (Lipinski definition) is 5. The van der Waals surface area contributed by atoms with Crippen LogP contribution in [-0.2, 0) is 6.54 Å². The van der Waals surface area contributed by atoms with Crippen LogP contribution < -0.4 is 10.1 Å². The fourth-order valence-corrected chi connectivity index (χ4v) is 1.97. The second kappa shape index (κ2) is 4.41. The van der Waals surface area contributed by atoms with Gasteiger partial charge in [-0.1, -0.05) is 0 Å². The summed E-state index contributed by atoms with van der Waals surface area (Å²) in [5.41, 5.74) is 0. The molecule has 0 spiro atoms. The Morgan fingerprint density at radius 1 is 1.64 bits per heavy atom. The van der Waals surface area contributed by atoms with Gasteiger partial charge in [0, 0.05) is 23.9 Å². The normalized spacial score (nSPS) is 15.4. The molecule has 1 N–H and O–H groups in total. The van der Waals surface area contributed by atoms with E-state index in [9.17, 15) is 0 Å². The largest absolute Gasteiger partial charge is 0.480 e. The van der Waals surface area contributed by atoms with Gasteiger partial charge in [0.1, 0.15) is 0 Å². The van der Waals surface area contributed by atoms with E-state index in [1.165, 1.54) is 22.8 Å². The van der Waals surface area contributed by atoms with Crippen LogP contribution in [0.1, 0.15) is 17.7 Å². The van der Waals surface area contributed by atoms with Crippen LogP contribution in [0.5, 0.6) is 5.88 Å². The molecule has 2 rings (SSSR count). The molecule has 1 aliphatic rings. The Labute approximate surface area is 87.2 Å². The van der Waals surface area contributed by atoms with Crippen LogP contribution in [0.25, 0.3) is 0 Å². The second-order valence-corrected chi connectivity index (χ2v) is 4.01. The van der Waals surface area contributed by atoms with Crippen molar-refractivity contribution in [2.45, 2.75) is 19.4 Å². The van der Waals surface area contributed by atoms with E-state index in [2.05, 4.69) is 14.7 Å². The molecule has 0 aliphatic carbocycles. The molecule has 0 aromatic carbocycles. The van der Waals surface area contributed by atoms with Gasteiger partial charge in [-0.05, 0) is 18.0 Å². The van der Waals surface area contributed by atoms with E-state index in [4.69, 9.17) is 4.74 Å². The molecular weight excluding hydrogens is 198 g/mol. The van der Waals surface area contributed by atoms with E-state index in [-0.39, 0.29) is 0 Å². The SMILES string of the molecule is COc1cc(CNC2=NCCC2)sn1. The van der Waals surface area contributed by atoms with E-state index in [1.54, 1.807) is 7.11 Å². The van der Waals surface area contributed by atoms with Crippen LogP contribution in [-0.4, -0.2) is 23.9 Å².